The van der Waals surface area contributed by atoms with Crippen molar-refractivity contribution in [1.29, 1.82) is 0 Å². The normalized spacial score (nSPS) is 22.8. The molecule has 0 aliphatic carbocycles. The van der Waals surface area contributed by atoms with Crippen LogP contribution in [0.15, 0.2) is 54.1 Å². The second-order valence-corrected chi connectivity index (χ2v) is 7.85. The number of benzene rings is 2. The van der Waals surface area contributed by atoms with E-state index in [1.807, 2.05) is 0 Å². The molecule has 2 fully saturated rings. The third-order valence-electron chi connectivity index (χ3n) is 5.51. The Morgan fingerprint density at radius 1 is 1.19 bits per heavy atom. The standard InChI is InChI=1S/C22H19ClN2O6/c23-14-9-7-13(8-10-14)20(26)18-19(16-5-1-2-6-17(16)25(29)30)24(22(28)21(18)27)12-15-4-3-11-31-15/h1-2,5-10,15,19,26H,3-4,11-12H2/b20-18+/t15-,19-/m1/s1. The molecule has 2 heterocycles. The zero-order valence-electron chi connectivity index (χ0n) is 16.4. The minimum Gasteiger partial charge on any atom is -0.507 e. The van der Waals surface area contributed by atoms with Crippen molar-refractivity contribution in [3.63, 3.8) is 0 Å². The van der Waals surface area contributed by atoms with Crippen molar-refractivity contribution in [3.05, 3.63) is 80.4 Å². The molecule has 1 N–H and O–H groups in total. The van der Waals surface area contributed by atoms with Gasteiger partial charge in [0.1, 0.15) is 5.76 Å². The smallest absolute Gasteiger partial charge is 0.295 e. The summed E-state index contributed by atoms with van der Waals surface area (Å²) in [7, 11) is 0. The van der Waals surface area contributed by atoms with Gasteiger partial charge >= 0.3 is 0 Å². The number of likely N-dealkylation sites (tertiary alicyclic amines) is 1. The molecule has 160 valence electrons. The summed E-state index contributed by atoms with van der Waals surface area (Å²) in [6, 6.07) is 10.9. The maximum Gasteiger partial charge on any atom is 0.295 e. The summed E-state index contributed by atoms with van der Waals surface area (Å²) < 4.78 is 5.62. The van der Waals surface area contributed by atoms with Gasteiger partial charge in [0.25, 0.3) is 17.4 Å². The van der Waals surface area contributed by atoms with E-state index in [1.165, 1.54) is 35.2 Å². The van der Waals surface area contributed by atoms with E-state index in [0.29, 0.717) is 18.1 Å². The van der Waals surface area contributed by atoms with Crippen LogP contribution >= 0.6 is 11.6 Å². The average molecular weight is 443 g/mol. The number of Topliss-reactive ketones (excluding diaryl/α,β-unsaturated/α-hetero) is 1. The van der Waals surface area contributed by atoms with Crippen LogP contribution in [0.3, 0.4) is 0 Å². The van der Waals surface area contributed by atoms with Crippen molar-refractivity contribution in [2.24, 2.45) is 0 Å². The molecule has 0 bridgehead atoms. The number of hydrogen-bond donors (Lipinski definition) is 1. The summed E-state index contributed by atoms with van der Waals surface area (Å²) in [5.74, 6) is -2.13. The number of aliphatic hydroxyl groups excluding tert-OH is 1. The first-order valence-corrected chi connectivity index (χ1v) is 10.2. The van der Waals surface area contributed by atoms with Gasteiger partial charge in [0.05, 0.1) is 28.2 Å². The third kappa shape index (κ3) is 3.92. The first-order valence-electron chi connectivity index (χ1n) is 9.77. The van der Waals surface area contributed by atoms with Gasteiger partial charge in [-0.05, 0) is 43.2 Å². The van der Waals surface area contributed by atoms with Crippen molar-refractivity contribution >= 4 is 34.7 Å². The zero-order chi connectivity index (χ0) is 22.1. The highest BCUT2D eigenvalue weighted by Crippen LogP contribution is 2.43. The lowest BCUT2D eigenvalue weighted by Crippen LogP contribution is -2.36. The van der Waals surface area contributed by atoms with E-state index >= 15 is 0 Å². The Kier molecular flexibility index (Phi) is 5.75. The van der Waals surface area contributed by atoms with Gasteiger partial charge in [-0.25, -0.2) is 0 Å². The lowest BCUT2D eigenvalue weighted by molar-refractivity contribution is -0.385. The maximum absolute atomic E-state index is 13.0. The molecule has 8 nitrogen and oxygen atoms in total. The molecular weight excluding hydrogens is 424 g/mol. The fourth-order valence-corrected chi connectivity index (χ4v) is 4.17. The fourth-order valence-electron chi connectivity index (χ4n) is 4.05. The molecule has 2 saturated heterocycles. The average Bonchev–Trinajstić information content (AvgIpc) is 3.36. The number of carbonyl (C=O) groups is 2. The number of carbonyl (C=O) groups excluding carboxylic acids is 2. The third-order valence-corrected chi connectivity index (χ3v) is 5.76. The summed E-state index contributed by atoms with van der Waals surface area (Å²) in [5.41, 5.74) is -0.00308. The van der Waals surface area contributed by atoms with Crippen LogP contribution < -0.4 is 0 Å². The highest BCUT2D eigenvalue weighted by atomic mass is 35.5. The minimum atomic E-state index is -1.11. The summed E-state index contributed by atoms with van der Waals surface area (Å²) >= 11 is 5.91. The van der Waals surface area contributed by atoms with Crippen LogP contribution in [-0.4, -0.2) is 45.9 Å². The van der Waals surface area contributed by atoms with Crippen molar-refractivity contribution < 1.29 is 24.4 Å². The number of aliphatic hydroxyl groups is 1. The van der Waals surface area contributed by atoms with E-state index in [-0.39, 0.29) is 35.0 Å². The molecule has 31 heavy (non-hydrogen) atoms. The second-order valence-electron chi connectivity index (χ2n) is 7.41. The summed E-state index contributed by atoms with van der Waals surface area (Å²) in [5, 5.41) is 23.1. The molecule has 9 heteroatoms. The highest BCUT2D eigenvalue weighted by Gasteiger charge is 2.48. The Bertz CT molecular complexity index is 1080. The SMILES string of the molecule is O=C1C(=O)N(C[C@H]2CCCO2)[C@H](c2ccccc2[N+](=O)[O-])/C1=C(\O)c1ccc(Cl)cc1. The van der Waals surface area contributed by atoms with E-state index in [0.717, 1.165) is 6.42 Å². The number of nitro groups is 1. The van der Waals surface area contributed by atoms with Crippen LogP contribution in [-0.2, 0) is 14.3 Å². The number of nitrogens with zero attached hydrogens (tertiary/aromatic N) is 2. The molecule has 2 aromatic carbocycles. The first-order chi connectivity index (χ1) is 14.9. The number of rotatable bonds is 5. The van der Waals surface area contributed by atoms with Gasteiger partial charge in [0.15, 0.2) is 0 Å². The zero-order valence-corrected chi connectivity index (χ0v) is 17.1. The highest BCUT2D eigenvalue weighted by molar-refractivity contribution is 6.46. The number of halogens is 1. The number of ether oxygens (including phenoxy) is 1. The summed E-state index contributed by atoms with van der Waals surface area (Å²) in [6.45, 7) is 0.647. The molecular formula is C22H19ClN2O6. The van der Waals surface area contributed by atoms with E-state index in [1.54, 1.807) is 18.2 Å². The van der Waals surface area contributed by atoms with Gasteiger partial charge in [-0.3, -0.25) is 19.7 Å². The minimum absolute atomic E-state index is 0.0959. The van der Waals surface area contributed by atoms with Crippen LogP contribution in [0.25, 0.3) is 5.76 Å². The molecule has 2 aromatic rings. The summed E-state index contributed by atoms with van der Waals surface area (Å²) in [6.07, 6.45) is 1.26. The number of ketones is 1. The fraction of sp³-hybridized carbons (Fsp3) is 0.273. The van der Waals surface area contributed by atoms with E-state index in [9.17, 15) is 24.8 Å². The lowest BCUT2D eigenvalue weighted by Gasteiger charge is -2.27. The molecule has 0 aromatic heterocycles. The van der Waals surface area contributed by atoms with E-state index in [2.05, 4.69) is 0 Å². The Morgan fingerprint density at radius 2 is 1.90 bits per heavy atom. The molecule has 0 spiro atoms. The molecule has 0 radical (unpaired) electrons. The quantitative estimate of drug-likeness (QED) is 0.247. The Hall–Kier alpha value is -3.23. The Labute approximate surface area is 182 Å². The van der Waals surface area contributed by atoms with Crippen LogP contribution in [0.2, 0.25) is 5.02 Å². The van der Waals surface area contributed by atoms with Gasteiger partial charge in [0, 0.05) is 29.8 Å². The van der Waals surface area contributed by atoms with Gasteiger partial charge in [-0.1, -0.05) is 23.7 Å². The Morgan fingerprint density at radius 3 is 2.55 bits per heavy atom. The van der Waals surface area contributed by atoms with Gasteiger partial charge < -0.3 is 14.7 Å². The Balaban J connectivity index is 1.89. The molecule has 4 rings (SSSR count). The van der Waals surface area contributed by atoms with Crippen LogP contribution in [0.4, 0.5) is 5.69 Å². The van der Waals surface area contributed by atoms with Crippen LogP contribution in [0.5, 0.6) is 0 Å². The molecule has 1 amide bonds. The first kappa shape index (κ1) is 21.0. The van der Waals surface area contributed by atoms with Crippen LogP contribution in [0.1, 0.15) is 30.0 Å². The number of nitro benzene ring substituents is 1. The van der Waals surface area contributed by atoms with Crippen molar-refractivity contribution in [2.45, 2.75) is 25.0 Å². The van der Waals surface area contributed by atoms with Gasteiger partial charge in [-0.15, -0.1) is 0 Å². The topological polar surface area (TPSA) is 110 Å². The predicted octanol–water partition coefficient (Wildman–Crippen LogP) is 3.85. The number of para-hydroxylation sites is 1. The summed E-state index contributed by atoms with van der Waals surface area (Å²) in [4.78, 5) is 38.3. The number of hydrogen-bond acceptors (Lipinski definition) is 6. The van der Waals surface area contributed by atoms with E-state index < -0.39 is 28.4 Å². The number of amides is 1. The van der Waals surface area contributed by atoms with Crippen molar-refractivity contribution in [2.75, 3.05) is 13.2 Å². The van der Waals surface area contributed by atoms with Crippen molar-refractivity contribution in [3.8, 4) is 0 Å². The lowest BCUT2D eigenvalue weighted by atomic mass is 9.94. The van der Waals surface area contributed by atoms with Crippen molar-refractivity contribution in [1.82, 2.24) is 4.90 Å². The molecule has 2 aliphatic heterocycles. The second kappa shape index (κ2) is 8.49. The maximum atomic E-state index is 13.0. The van der Waals surface area contributed by atoms with E-state index in [4.69, 9.17) is 16.3 Å². The molecule has 2 aliphatic rings. The van der Waals surface area contributed by atoms with Gasteiger partial charge in [0.2, 0.25) is 0 Å². The molecule has 0 saturated carbocycles. The molecule has 0 unspecified atom stereocenters. The monoisotopic (exact) mass is 442 g/mol. The van der Waals surface area contributed by atoms with Crippen LogP contribution in [0, 0.1) is 10.1 Å². The molecule has 2 atom stereocenters. The largest absolute Gasteiger partial charge is 0.507 e. The van der Waals surface area contributed by atoms with Gasteiger partial charge in [-0.2, -0.15) is 0 Å². The predicted molar refractivity (Wildman–Crippen MR) is 113 cm³/mol.